The molecule has 0 aliphatic carbocycles. The molecule has 4 N–H and O–H groups in total. The van der Waals surface area contributed by atoms with E-state index in [4.69, 9.17) is 4.98 Å². The van der Waals surface area contributed by atoms with Crippen LogP contribution in [0.1, 0.15) is 35.5 Å². The van der Waals surface area contributed by atoms with Crippen molar-refractivity contribution in [2.45, 2.75) is 27.3 Å². The molecule has 0 aliphatic rings. The lowest BCUT2D eigenvalue weighted by Crippen LogP contribution is -2.23. The van der Waals surface area contributed by atoms with Gasteiger partial charge in [-0.25, -0.2) is 4.98 Å². The van der Waals surface area contributed by atoms with Crippen LogP contribution in [0, 0.1) is 6.92 Å². The first-order chi connectivity index (χ1) is 17.6. The molecule has 0 unspecified atom stereocenters. The second kappa shape index (κ2) is 10.1. The van der Waals surface area contributed by atoms with Crippen molar-refractivity contribution in [3.05, 3.63) is 77.7 Å². The van der Waals surface area contributed by atoms with E-state index in [1.54, 1.807) is 0 Å². The Morgan fingerprint density at radius 3 is 2.58 bits per heavy atom. The molecule has 0 aliphatic heterocycles. The van der Waals surface area contributed by atoms with Gasteiger partial charge in [0.25, 0.3) is 5.91 Å². The Labute approximate surface area is 209 Å². The molecule has 0 saturated carbocycles. The lowest BCUT2D eigenvalue weighted by Gasteiger charge is -2.11. The van der Waals surface area contributed by atoms with Crippen molar-refractivity contribution >= 4 is 16.8 Å². The largest absolute Gasteiger partial charge is 0.351 e. The molecule has 0 atom stereocenters. The van der Waals surface area contributed by atoms with E-state index in [0.717, 1.165) is 40.7 Å². The molecule has 8 heteroatoms. The summed E-state index contributed by atoms with van der Waals surface area (Å²) in [6, 6.07) is 15.9. The maximum Gasteiger partial charge on any atom is 0.270 e. The summed E-state index contributed by atoms with van der Waals surface area (Å²) in [5.74, 6) is 0.337. The number of aromatic nitrogens is 5. The number of amides is 1. The van der Waals surface area contributed by atoms with Crippen LogP contribution in [0.3, 0.4) is 0 Å². The first-order valence-corrected chi connectivity index (χ1v) is 12.2. The zero-order chi connectivity index (χ0) is 25.1. The van der Waals surface area contributed by atoms with E-state index in [1.807, 2.05) is 55.7 Å². The van der Waals surface area contributed by atoms with Crippen LogP contribution in [0.15, 0.2) is 60.9 Å². The van der Waals surface area contributed by atoms with E-state index in [0.29, 0.717) is 29.5 Å². The minimum Gasteiger partial charge on any atom is -0.351 e. The average Bonchev–Trinajstić information content (AvgIpc) is 3.53. The predicted octanol–water partition coefficient (Wildman–Crippen LogP) is 4.85. The third kappa shape index (κ3) is 4.38. The van der Waals surface area contributed by atoms with Crippen molar-refractivity contribution in [2.75, 3.05) is 13.1 Å². The van der Waals surface area contributed by atoms with Crippen molar-refractivity contribution in [2.24, 2.45) is 0 Å². The maximum absolute atomic E-state index is 12.8. The highest BCUT2D eigenvalue weighted by Gasteiger charge is 2.21. The first kappa shape index (κ1) is 23.4. The number of carbonyl (C=O) groups excluding carboxylic acids is 1. The predicted molar refractivity (Wildman–Crippen MR) is 142 cm³/mol. The van der Waals surface area contributed by atoms with Crippen molar-refractivity contribution in [1.82, 2.24) is 35.8 Å². The summed E-state index contributed by atoms with van der Waals surface area (Å²) >= 11 is 0. The number of benzene rings is 2. The van der Waals surface area contributed by atoms with Gasteiger partial charge in [-0.15, -0.1) is 0 Å². The molecule has 1 amide bonds. The minimum absolute atomic E-state index is 0.199. The number of rotatable bonds is 8. The Hall–Kier alpha value is -4.30. The van der Waals surface area contributed by atoms with Crippen molar-refractivity contribution in [3.63, 3.8) is 0 Å². The third-order valence-electron chi connectivity index (χ3n) is 6.30. The maximum atomic E-state index is 12.8. The molecule has 5 aromatic rings. The Kier molecular flexibility index (Phi) is 6.60. The summed E-state index contributed by atoms with van der Waals surface area (Å²) in [5.41, 5.74) is 7.92. The highest BCUT2D eigenvalue weighted by molar-refractivity contribution is 6.00. The molecule has 3 heterocycles. The number of pyridine rings is 1. The molecule has 8 nitrogen and oxygen atoms in total. The van der Waals surface area contributed by atoms with Crippen LogP contribution >= 0.6 is 0 Å². The Morgan fingerprint density at radius 2 is 1.81 bits per heavy atom. The van der Waals surface area contributed by atoms with E-state index in [2.05, 4.69) is 56.8 Å². The fourth-order valence-electron chi connectivity index (χ4n) is 4.36. The molecule has 0 bridgehead atoms. The number of H-pyrrole nitrogens is 2. The first-order valence-electron chi connectivity index (χ1n) is 12.2. The number of hydrogen-bond acceptors (Lipinski definition) is 5. The number of imidazole rings is 1. The second-order valence-corrected chi connectivity index (χ2v) is 8.62. The number of fused-ring (bicyclic) bond motifs is 1. The normalized spacial score (nSPS) is 11.2. The summed E-state index contributed by atoms with van der Waals surface area (Å²) in [4.78, 5) is 25.4. The van der Waals surface area contributed by atoms with E-state index in [1.165, 1.54) is 11.1 Å². The van der Waals surface area contributed by atoms with Crippen LogP contribution in [0.4, 0.5) is 0 Å². The van der Waals surface area contributed by atoms with Gasteiger partial charge in [0.05, 0.1) is 5.52 Å². The zero-order valence-corrected chi connectivity index (χ0v) is 20.6. The van der Waals surface area contributed by atoms with Gasteiger partial charge in [-0.3, -0.25) is 14.9 Å². The van der Waals surface area contributed by atoms with Crippen molar-refractivity contribution in [1.29, 1.82) is 0 Å². The quantitative estimate of drug-likeness (QED) is 0.254. The Morgan fingerprint density at radius 1 is 0.972 bits per heavy atom. The van der Waals surface area contributed by atoms with E-state index < -0.39 is 0 Å². The smallest absolute Gasteiger partial charge is 0.270 e. The van der Waals surface area contributed by atoms with Crippen LogP contribution < -0.4 is 10.6 Å². The molecule has 3 aromatic heterocycles. The highest BCUT2D eigenvalue weighted by atomic mass is 16.1. The number of carbonyl (C=O) groups is 1. The lowest BCUT2D eigenvalue weighted by molar-refractivity contribution is 0.0952. The standard InChI is InChI=1S/C28H29N7O/c1-4-29-14-20-15-30-16-22(17(20)3)19-11-12-23-21(13-19)25(35-34-23)27-32-24(18-9-7-6-8-10-18)26(33-27)28(36)31-5-2/h6-13,15-16,29H,4-5,14H2,1-3H3,(H,31,36)(H,32,33)(H,34,35). The molecule has 36 heavy (non-hydrogen) atoms. The average molecular weight is 480 g/mol. The summed E-state index contributed by atoms with van der Waals surface area (Å²) in [6.45, 7) is 8.32. The van der Waals surface area contributed by atoms with Crippen LogP contribution in [0.5, 0.6) is 0 Å². The topological polar surface area (TPSA) is 111 Å². The summed E-state index contributed by atoms with van der Waals surface area (Å²) < 4.78 is 0. The molecule has 182 valence electrons. The molecular formula is C28H29N7O. The summed E-state index contributed by atoms with van der Waals surface area (Å²) in [7, 11) is 0. The summed E-state index contributed by atoms with van der Waals surface area (Å²) in [5, 5.41) is 14.8. The Bertz CT molecular complexity index is 1520. The van der Waals surface area contributed by atoms with Gasteiger partial charge in [0, 0.05) is 42.0 Å². The van der Waals surface area contributed by atoms with Gasteiger partial charge in [-0.1, -0.05) is 43.3 Å². The van der Waals surface area contributed by atoms with Crippen molar-refractivity contribution in [3.8, 4) is 33.9 Å². The van der Waals surface area contributed by atoms with E-state index >= 15 is 0 Å². The van der Waals surface area contributed by atoms with Crippen molar-refractivity contribution < 1.29 is 4.79 Å². The van der Waals surface area contributed by atoms with Crippen LogP contribution in [0.25, 0.3) is 44.8 Å². The monoisotopic (exact) mass is 479 g/mol. The lowest BCUT2D eigenvalue weighted by atomic mass is 9.98. The third-order valence-corrected chi connectivity index (χ3v) is 6.30. The molecule has 0 spiro atoms. The highest BCUT2D eigenvalue weighted by Crippen LogP contribution is 2.33. The van der Waals surface area contributed by atoms with Gasteiger partial charge in [0.15, 0.2) is 5.82 Å². The van der Waals surface area contributed by atoms with Gasteiger partial charge in [0.1, 0.15) is 17.1 Å². The number of aromatic amines is 2. The minimum atomic E-state index is -0.199. The fourth-order valence-corrected chi connectivity index (χ4v) is 4.36. The molecule has 0 radical (unpaired) electrons. The van der Waals surface area contributed by atoms with Gasteiger partial charge in [-0.2, -0.15) is 5.10 Å². The molecule has 5 rings (SSSR count). The van der Waals surface area contributed by atoms with Gasteiger partial charge < -0.3 is 15.6 Å². The van der Waals surface area contributed by atoms with Crippen LogP contribution in [-0.2, 0) is 6.54 Å². The molecule has 2 aromatic carbocycles. The number of nitrogens with one attached hydrogen (secondary N) is 4. The zero-order valence-electron chi connectivity index (χ0n) is 20.6. The second-order valence-electron chi connectivity index (χ2n) is 8.62. The SMILES string of the molecule is CCNCc1cncc(-c2ccc3[nH]nc(-c4nc(-c5ccccc5)c(C(=O)NCC)[nH]4)c3c2)c1C. The molecule has 0 fully saturated rings. The van der Waals surface area contributed by atoms with E-state index in [-0.39, 0.29) is 5.91 Å². The van der Waals surface area contributed by atoms with E-state index in [9.17, 15) is 4.79 Å². The molecule has 0 saturated heterocycles. The van der Waals surface area contributed by atoms with Gasteiger partial charge in [-0.05, 0) is 49.2 Å². The van der Waals surface area contributed by atoms with Gasteiger partial charge in [0.2, 0.25) is 0 Å². The number of nitrogens with zero attached hydrogens (tertiary/aromatic N) is 3. The van der Waals surface area contributed by atoms with Crippen LogP contribution in [0.2, 0.25) is 0 Å². The summed E-state index contributed by atoms with van der Waals surface area (Å²) in [6.07, 6.45) is 3.82. The molecular weight excluding hydrogens is 450 g/mol. The fraction of sp³-hybridized carbons (Fsp3) is 0.214. The number of hydrogen-bond donors (Lipinski definition) is 4. The van der Waals surface area contributed by atoms with Gasteiger partial charge >= 0.3 is 0 Å². The van der Waals surface area contributed by atoms with Crippen LogP contribution in [-0.4, -0.2) is 44.1 Å². The Balaban J connectivity index is 1.61.